The first-order chi connectivity index (χ1) is 10.4. The van der Waals surface area contributed by atoms with E-state index in [1.54, 1.807) is 0 Å². The molecule has 3 heteroatoms. The summed E-state index contributed by atoms with van der Waals surface area (Å²) in [6, 6.07) is 9.20. The van der Waals surface area contributed by atoms with E-state index < -0.39 is 0 Å². The zero-order chi connectivity index (χ0) is 14.3. The van der Waals surface area contributed by atoms with Gasteiger partial charge in [-0.2, -0.15) is 0 Å². The van der Waals surface area contributed by atoms with Gasteiger partial charge in [0, 0.05) is 19.2 Å². The maximum atomic E-state index is 5.79. The predicted molar refractivity (Wildman–Crippen MR) is 84.6 cm³/mol. The van der Waals surface area contributed by atoms with Gasteiger partial charge < -0.3 is 14.8 Å². The van der Waals surface area contributed by atoms with E-state index in [0.29, 0.717) is 12.6 Å². The molecule has 1 saturated heterocycles. The molecule has 1 aromatic rings. The molecule has 21 heavy (non-hydrogen) atoms. The summed E-state index contributed by atoms with van der Waals surface area (Å²) in [5, 5.41) is 3.67. The number of nitrogens with one attached hydrogen (secondary N) is 1. The summed E-state index contributed by atoms with van der Waals surface area (Å²) in [5.74, 6) is 0.951. The molecular formula is C18H27NO2. The average Bonchev–Trinajstić information content (AvgIpc) is 3.06. The van der Waals surface area contributed by atoms with E-state index in [-0.39, 0.29) is 6.10 Å². The van der Waals surface area contributed by atoms with Crippen LogP contribution in [0.2, 0.25) is 0 Å². The lowest BCUT2D eigenvalue weighted by atomic mass is 9.95. The van der Waals surface area contributed by atoms with Gasteiger partial charge in [-0.3, -0.25) is 0 Å². The van der Waals surface area contributed by atoms with E-state index in [1.165, 1.54) is 44.1 Å². The van der Waals surface area contributed by atoms with Gasteiger partial charge in [-0.1, -0.05) is 31.4 Å². The molecule has 0 aromatic heterocycles. The molecule has 1 aliphatic heterocycles. The van der Waals surface area contributed by atoms with Crippen LogP contribution in [-0.2, 0) is 11.3 Å². The largest absolute Gasteiger partial charge is 0.491 e. The van der Waals surface area contributed by atoms with Crippen molar-refractivity contribution in [2.24, 2.45) is 0 Å². The van der Waals surface area contributed by atoms with Crippen LogP contribution in [0.25, 0.3) is 0 Å². The van der Waals surface area contributed by atoms with E-state index in [1.807, 2.05) is 0 Å². The molecule has 1 heterocycles. The average molecular weight is 289 g/mol. The molecule has 0 spiro atoms. The van der Waals surface area contributed by atoms with Crippen molar-refractivity contribution < 1.29 is 9.47 Å². The summed E-state index contributed by atoms with van der Waals surface area (Å²) in [6.07, 6.45) is 9.43. The smallest absolute Gasteiger partial charge is 0.119 e. The van der Waals surface area contributed by atoms with Crippen LogP contribution in [0.1, 0.15) is 50.5 Å². The van der Waals surface area contributed by atoms with Gasteiger partial charge in [-0.05, 0) is 43.4 Å². The highest BCUT2D eigenvalue weighted by Gasteiger charge is 2.16. The van der Waals surface area contributed by atoms with Gasteiger partial charge in [0.25, 0.3) is 0 Å². The first-order valence-electron chi connectivity index (χ1n) is 8.47. The Labute approximate surface area is 128 Å². The molecule has 2 aliphatic rings. The molecule has 1 aromatic carbocycles. The van der Waals surface area contributed by atoms with E-state index >= 15 is 0 Å². The van der Waals surface area contributed by atoms with Crippen LogP contribution in [0.15, 0.2) is 24.3 Å². The maximum Gasteiger partial charge on any atom is 0.119 e. The van der Waals surface area contributed by atoms with Crippen molar-refractivity contribution in [3.63, 3.8) is 0 Å². The zero-order valence-electron chi connectivity index (χ0n) is 12.9. The maximum absolute atomic E-state index is 5.79. The second kappa shape index (κ2) is 7.81. The fourth-order valence-electron chi connectivity index (χ4n) is 3.24. The second-order valence-electron chi connectivity index (χ2n) is 6.31. The SMILES string of the molecule is c1cc(OCC2CCCO2)ccc1CNC1CCCCC1. The highest BCUT2D eigenvalue weighted by molar-refractivity contribution is 5.27. The van der Waals surface area contributed by atoms with Gasteiger partial charge in [0.2, 0.25) is 0 Å². The summed E-state index contributed by atoms with van der Waals surface area (Å²) in [6.45, 7) is 2.54. The van der Waals surface area contributed by atoms with Gasteiger partial charge >= 0.3 is 0 Å². The quantitative estimate of drug-likeness (QED) is 0.867. The van der Waals surface area contributed by atoms with Crippen molar-refractivity contribution in [3.8, 4) is 5.75 Å². The minimum atomic E-state index is 0.289. The Morgan fingerprint density at radius 3 is 2.52 bits per heavy atom. The highest BCUT2D eigenvalue weighted by atomic mass is 16.5. The molecule has 0 bridgehead atoms. The Bertz CT molecular complexity index is 406. The lowest BCUT2D eigenvalue weighted by Crippen LogP contribution is -2.30. The van der Waals surface area contributed by atoms with Crippen molar-refractivity contribution in [3.05, 3.63) is 29.8 Å². The van der Waals surface area contributed by atoms with Crippen LogP contribution in [-0.4, -0.2) is 25.4 Å². The number of hydrogen-bond acceptors (Lipinski definition) is 3. The summed E-state index contributed by atoms with van der Waals surface area (Å²) < 4.78 is 11.4. The summed E-state index contributed by atoms with van der Waals surface area (Å²) in [4.78, 5) is 0. The number of hydrogen-bond donors (Lipinski definition) is 1. The van der Waals surface area contributed by atoms with Crippen molar-refractivity contribution in [1.82, 2.24) is 5.32 Å². The molecule has 1 saturated carbocycles. The third-order valence-electron chi connectivity index (χ3n) is 4.58. The molecule has 0 radical (unpaired) electrons. The van der Waals surface area contributed by atoms with Crippen LogP contribution in [0.3, 0.4) is 0 Å². The van der Waals surface area contributed by atoms with E-state index in [2.05, 4.69) is 29.6 Å². The molecular weight excluding hydrogens is 262 g/mol. The topological polar surface area (TPSA) is 30.5 Å². The Kier molecular flexibility index (Phi) is 5.53. The summed E-state index contributed by atoms with van der Waals surface area (Å²) in [7, 11) is 0. The third kappa shape index (κ3) is 4.72. The van der Waals surface area contributed by atoms with Gasteiger partial charge in [-0.15, -0.1) is 0 Å². The lowest BCUT2D eigenvalue weighted by molar-refractivity contribution is 0.0679. The number of benzene rings is 1. The van der Waals surface area contributed by atoms with E-state index in [9.17, 15) is 0 Å². The molecule has 1 unspecified atom stereocenters. The lowest BCUT2D eigenvalue weighted by Gasteiger charge is -2.22. The minimum Gasteiger partial charge on any atom is -0.491 e. The monoisotopic (exact) mass is 289 g/mol. The molecule has 1 aliphatic carbocycles. The van der Waals surface area contributed by atoms with Crippen molar-refractivity contribution in [2.75, 3.05) is 13.2 Å². The minimum absolute atomic E-state index is 0.289. The first-order valence-corrected chi connectivity index (χ1v) is 8.47. The zero-order valence-corrected chi connectivity index (χ0v) is 12.9. The molecule has 116 valence electrons. The second-order valence-corrected chi connectivity index (χ2v) is 6.31. The standard InChI is InChI=1S/C18H27NO2/c1-2-5-16(6-3-1)19-13-15-8-10-17(11-9-15)21-14-18-7-4-12-20-18/h8-11,16,18-19H,1-7,12-14H2. The van der Waals surface area contributed by atoms with Crippen LogP contribution >= 0.6 is 0 Å². The van der Waals surface area contributed by atoms with Gasteiger partial charge in [0.1, 0.15) is 12.4 Å². The molecule has 3 rings (SSSR count). The highest BCUT2D eigenvalue weighted by Crippen LogP contribution is 2.19. The molecule has 2 fully saturated rings. The van der Waals surface area contributed by atoms with Crippen LogP contribution < -0.4 is 10.1 Å². The summed E-state index contributed by atoms with van der Waals surface area (Å²) >= 11 is 0. The normalized spacial score (nSPS) is 23.3. The van der Waals surface area contributed by atoms with Crippen molar-refractivity contribution in [2.45, 2.75) is 63.6 Å². The van der Waals surface area contributed by atoms with Gasteiger partial charge in [0.15, 0.2) is 0 Å². The van der Waals surface area contributed by atoms with Gasteiger partial charge in [0.05, 0.1) is 6.10 Å². The molecule has 0 amide bonds. The molecule has 1 N–H and O–H groups in total. The predicted octanol–water partition coefficient (Wildman–Crippen LogP) is 3.67. The first kappa shape index (κ1) is 14.9. The molecule has 1 atom stereocenters. The molecule has 3 nitrogen and oxygen atoms in total. The van der Waals surface area contributed by atoms with Crippen LogP contribution in [0.5, 0.6) is 5.75 Å². The van der Waals surface area contributed by atoms with E-state index in [4.69, 9.17) is 9.47 Å². The fraction of sp³-hybridized carbons (Fsp3) is 0.667. The van der Waals surface area contributed by atoms with Crippen molar-refractivity contribution in [1.29, 1.82) is 0 Å². The van der Waals surface area contributed by atoms with E-state index in [0.717, 1.165) is 25.3 Å². The Balaban J connectivity index is 1.40. The van der Waals surface area contributed by atoms with Crippen molar-refractivity contribution >= 4 is 0 Å². The fourth-order valence-corrected chi connectivity index (χ4v) is 3.24. The third-order valence-corrected chi connectivity index (χ3v) is 4.58. The number of rotatable bonds is 6. The van der Waals surface area contributed by atoms with Crippen LogP contribution in [0.4, 0.5) is 0 Å². The number of ether oxygens (including phenoxy) is 2. The van der Waals surface area contributed by atoms with Crippen LogP contribution in [0, 0.1) is 0 Å². The Hall–Kier alpha value is -1.06. The van der Waals surface area contributed by atoms with Gasteiger partial charge in [-0.25, -0.2) is 0 Å². The Morgan fingerprint density at radius 2 is 1.81 bits per heavy atom. The summed E-state index contributed by atoms with van der Waals surface area (Å²) in [5.41, 5.74) is 1.34. The Morgan fingerprint density at radius 1 is 1.00 bits per heavy atom.